The molecule has 2 aromatic heterocycles. The Morgan fingerprint density at radius 3 is 1.27 bits per heavy atom. The summed E-state index contributed by atoms with van der Waals surface area (Å²) in [6.45, 7) is 13.6. The lowest BCUT2D eigenvalue weighted by Crippen LogP contribution is -2.62. The summed E-state index contributed by atoms with van der Waals surface area (Å²) in [6.07, 6.45) is 0. The Kier molecular flexibility index (Phi) is 7.46. The molecule has 4 aliphatic rings. The highest BCUT2D eigenvalue weighted by Crippen LogP contribution is 2.49. The Morgan fingerprint density at radius 1 is 0.435 bits per heavy atom. The van der Waals surface area contributed by atoms with Crippen molar-refractivity contribution in [3.05, 3.63) is 157 Å². The highest BCUT2D eigenvalue weighted by atomic mass is 32.1. The second-order valence-corrected chi connectivity index (χ2v) is 21.4. The van der Waals surface area contributed by atoms with E-state index in [1.54, 1.807) is 0 Å². The monoisotopic (exact) mass is 836 g/mol. The molecule has 4 nitrogen and oxygen atoms in total. The topological polar surface area (TPSA) is 24.9 Å². The van der Waals surface area contributed by atoms with E-state index in [0.717, 1.165) is 45.7 Å². The van der Waals surface area contributed by atoms with Gasteiger partial charge in [-0.15, -0.1) is 22.7 Å². The third-order valence-corrected chi connectivity index (χ3v) is 15.9. The largest absolute Gasteiger partial charge is 0.458 e. The van der Waals surface area contributed by atoms with Crippen LogP contribution in [0.5, 0.6) is 23.0 Å². The van der Waals surface area contributed by atoms with E-state index in [1.807, 2.05) is 22.7 Å². The zero-order valence-corrected chi connectivity index (χ0v) is 37.2. The molecule has 0 spiro atoms. The number of thiophene rings is 2. The number of nitrogens with zero attached hydrogens (tertiary/aromatic N) is 2. The average Bonchev–Trinajstić information content (AvgIpc) is 3.84. The van der Waals surface area contributed by atoms with Crippen LogP contribution in [0.15, 0.2) is 146 Å². The van der Waals surface area contributed by atoms with Gasteiger partial charge in [0.2, 0.25) is 0 Å². The molecule has 6 heterocycles. The Labute approximate surface area is 371 Å². The van der Waals surface area contributed by atoms with Gasteiger partial charge in [0.05, 0.1) is 11.4 Å². The Balaban J connectivity index is 1.03. The van der Waals surface area contributed by atoms with Gasteiger partial charge in [-0.05, 0) is 104 Å². The highest BCUT2D eigenvalue weighted by Gasteiger charge is 2.48. The van der Waals surface area contributed by atoms with Crippen molar-refractivity contribution in [3.63, 3.8) is 0 Å². The van der Waals surface area contributed by atoms with Crippen molar-refractivity contribution in [2.75, 3.05) is 9.80 Å². The second kappa shape index (κ2) is 12.7. The molecule has 0 bridgehead atoms. The lowest BCUT2D eigenvalue weighted by molar-refractivity contribution is 0.466. The van der Waals surface area contributed by atoms with Crippen LogP contribution < -0.4 is 50.7 Å². The number of benzene rings is 7. The number of hydrogen-bond donors (Lipinski definition) is 0. The van der Waals surface area contributed by atoms with Gasteiger partial charge in [-0.2, -0.15) is 0 Å². The molecule has 8 heteroatoms. The molecule has 0 saturated heterocycles. The van der Waals surface area contributed by atoms with E-state index in [0.29, 0.717) is 0 Å². The fraction of sp³-hybridized carbons (Fsp3) is 0.148. The first-order chi connectivity index (χ1) is 30.0. The molecule has 0 saturated carbocycles. The third kappa shape index (κ3) is 5.08. The van der Waals surface area contributed by atoms with Gasteiger partial charge in [0, 0.05) is 58.5 Å². The Bertz CT molecular complexity index is 3140. The Hall–Kier alpha value is -6.21. The predicted molar refractivity (Wildman–Crippen MR) is 266 cm³/mol. The molecule has 4 aliphatic heterocycles. The third-order valence-electron chi connectivity index (χ3n) is 13.5. The normalized spacial score (nSPS) is 14.4. The van der Waals surface area contributed by atoms with Crippen LogP contribution in [0.25, 0.3) is 20.2 Å². The first-order valence-electron chi connectivity index (χ1n) is 21.6. The zero-order chi connectivity index (χ0) is 41.8. The van der Waals surface area contributed by atoms with E-state index in [4.69, 9.17) is 9.47 Å². The van der Waals surface area contributed by atoms with Crippen LogP contribution in [-0.4, -0.2) is 13.4 Å². The van der Waals surface area contributed by atoms with Gasteiger partial charge in [0.25, 0.3) is 13.4 Å². The van der Waals surface area contributed by atoms with E-state index in [-0.39, 0.29) is 24.3 Å². The molecule has 7 aromatic carbocycles. The number of hydrogen-bond acceptors (Lipinski definition) is 6. The van der Waals surface area contributed by atoms with E-state index in [9.17, 15) is 0 Å². The summed E-state index contributed by atoms with van der Waals surface area (Å²) in [4.78, 5) is 4.98. The van der Waals surface area contributed by atoms with Gasteiger partial charge >= 0.3 is 0 Å². The van der Waals surface area contributed by atoms with Crippen molar-refractivity contribution in [1.82, 2.24) is 0 Å². The maximum atomic E-state index is 7.04. The molecular weight excluding hydrogens is 794 g/mol. The summed E-state index contributed by atoms with van der Waals surface area (Å²) in [6, 6.07) is 54.0. The minimum Gasteiger partial charge on any atom is -0.458 e. The van der Waals surface area contributed by atoms with Crippen LogP contribution in [0.1, 0.15) is 52.7 Å². The highest BCUT2D eigenvalue weighted by molar-refractivity contribution is 7.34. The average molecular weight is 837 g/mol. The van der Waals surface area contributed by atoms with Crippen molar-refractivity contribution in [1.29, 1.82) is 0 Å². The van der Waals surface area contributed by atoms with Crippen LogP contribution in [0.4, 0.5) is 34.1 Å². The van der Waals surface area contributed by atoms with Gasteiger partial charge in [-0.1, -0.05) is 120 Å². The molecule has 9 aromatic rings. The lowest BCUT2D eigenvalue weighted by Gasteiger charge is -2.40. The van der Waals surface area contributed by atoms with Gasteiger partial charge < -0.3 is 19.3 Å². The first kappa shape index (κ1) is 36.4. The number of ether oxygens (including phenoxy) is 2. The summed E-state index contributed by atoms with van der Waals surface area (Å²) >= 11 is 3.83. The fourth-order valence-electron chi connectivity index (χ4n) is 10.5. The summed E-state index contributed by atoms with van der Waals surface area (Å²) in [7, 11) is 0. The molecule has 0 atom stereocenters. The molecular formula is C54H42B2N2O2S2. The molecule has 0 radical (unpaired) electrons. The number of rotatable bonds is 2. The standard InChI is InChI=1S/C54H42B2N2O2S2/c1-53(2,3)31-21-25-33(26-22-31)57-39-15-11-17-41-47(39)55(51-49(57)35-13-7-9-19-45(35)61-51)37-29-38-44(30-43(37)59-41)60-42-18-12-16-40-48(42)56(38)52-50(36-14-8-10-20-46(36)62-52)58(40)34-27-23-32(24-28-34)54(4,5)6/h7-30H,1-6H3. The Morgan fingerprint density at radius 2 is 0.855 bits per heavy atom. The summed E-state index contributed by atoms with van der Waals surface area (Å²) in [5.41, 5.74) is 14.7. The van der Waals surface area contributed by atoms with Crippen molar-refractivity contribution < 1.29 is 9.47 Å². The number of fused-ring (bicyclic) bond motifs is 12. The SMILES string of the molecule is CC(C)(C)c1ccc(N2c3cccc4c3B(c3cc5c(cc3O4)Oc3cccc4c3B5c3sc5ccccc5c3N4c3ccc(C(C)(C)C)cc3)c3sc4ccccc4c32)cc1. The van der Waals surface area contributed by atoms with Crippen LogP contribution in [0.2, 0.25) is 0 Å². The molecule has 62 heavy (non-hydrogen) atoms. The molecule has 0 aliphatic carbocycles. The van der Waals surface area contributed by atoms with Crippen molar-refractivity contribution >= 4 is 122 Å². The van der Waals surface area contributed by atoms with Gasteiger partial charge in [0.1, 0.15) is 23.0 Å². The molecule has 13 rings (SSSR count). The molecule has 0 N–H and O–H groups in total. The second-order valence-electron chi connectivity index (χ2n) is 19.3. The van der Waals surface area contributed by atoms with Gasteiger partial charge in [-0.25, -0.2) is 0 Å². The summed E-state index contributed by atoms with van der Waals surface area (Å²) in [5.74, 6) is 3.51. The molecule has 0 fully saturated rings. The lowest BCUT2D eigenvalue weighted by atomic mass is 9.33. The van der Waals surface area contributed by atoms with Crippen LogP contribution >= 0.6 is 22.7 Å². The minimum atomic E-state index is -0.0207. The van der Waals surface area contributed by atoms with Crippen LogP contribution in [-0.2, 0) is 10.8 Å². The van der Waals surface area contributed by atoms with Gasteiger partial charge in [-0.3, -0.25) is 0 Å². The van der Waals surface area contributed by atoms with Gasteiger partial charge in [0.15, 0.2) is 0 Å². The molecule has 298 valence electrons. The van der Waals surface area contributed by atoms with Crippen molar-refractivity contribution in [2.24, 2.45) is 0 Å². The van der Waals surface area contributed by atoms with Crippen LogP contribution in [0, 0.1) is 0 Å². The summed E-state index contributed by atoms with van der Waals surface area (Å²) in [5, 5.41) is 2.54. The predicted octanol–water partition coefficient (Wildman–Crippen LogP) is 11.5. The first-order valence-corrected chi connectivity index (χ1v) is 23.3. The maximum Gasteiger partial charge on any atom is 0.268 e. The van der Waals surface area contributed by atoms with Crippen LogP contribution in [0.3, 0.4) is 0 Å². The smallest absolute Gasteiger partial charge is 0.268 e. The molecule has 0 amide bonds. The van der Waals surface area contributed by atoms with Crippen molar-refractivity contribution in [2.45, 2.75) is 52.4 Å². The quantitative estimate of drug-likeness (QED) is 0.162. The minimum absolute atomic E-state index is 0.0207. The van der Waals surface area contributed by atoms with E-state index < -0.39 is 0 Å². The van der Waals surface area contributed by atoms with E-state index in [2.05, 4.69) is 197 Å². The number of anilines is 6. The maximum absolute atomic E-state index is 7.04. The van der Waals surface area contributed by atoms with Crippen molar-refractivity contribution in [3.8, 4) is 23.0 Å². The summed E-state index contributed by atoms with van der Waals surface area (Å²) < 4.78 is 19.3. The molecule has 0 unspecified atom stereocenters. The van der Waals surface area contributed by atoms with E-state index in [1.165, 1.54) is 74.1 Å². The fourth-order valence-corrected chi connectivity index (χ4v) is 13.1. The zero-order valence-electron chi connectivity index (χ0n) is 35.5. The van der Waals surface area contributed by atoms with E-state index >= 15 is 0 Å².